The maximum Gasteiger partial charge on any atom is 0.387 e. The lowest BCUT2D eigenvalue weighted by Gasteiger charge is -2.15. The Morgan fingerprint density at radius 1 is 1.13 bits per heavy atom. The van der Waals surface area contributed by atoms with Crippen molar-refractivity contribution in [2.24, 2.45) is 4.99 Å². The molecule has 0 atom stereocenters. The summed E-state index contributed by atoms with van der Waals surface area (Å²) in [7, 11) is 3.15. The van der Waals surface area contributed by atoms with Crippen molar-refractivity contribution in [3.05, 3.63) is 64.5 Å². The van der Waals surface area contributed by atoms with Crippen LogP contribution in [-0.4, -0.2) is 31.7 Å². The van der Waals surface area contributed by atoms with E-state index in [0.717, 1.165) is 16.3 Å². The molecule has 3 rings (SSSR count). The van der Waals surface area contributed by atoms with E-state index < -0.39 is 6.61 Å². The maximum atomic E-state index is 12.7. The minimum Gasteiger partial charge on any atom is -0.497 e. The highest BCUT2D eigenvalue weighted by Gasteiger charge is 2.12. The largest absolute Gasteiger partial charge is 0.497 e. The van der Waals surface area contributed by atoms with E-state index in [1.54, 1.807) is 30.5 Å². The predicted octanol–water partition coefficient (Wildman–Crippen LogP) is 4.90. The Morgan fingerprint density at radius 2 is 1.87 bits per heavy atom. The molecule has 31 heavy (non-hydrogen) atoms. The van der Waals surface area contributed by atoms with Crippen LogP contribution in [0.25, 0.3) is 11.3 Å². The number of nitrogens with one attached hydrogen (secondary N) is 2. The van der Waals surface area contributed by atoms with Crippen molar-refractivity contribution in [1.29, 1.82) is 0 Å². The molecule has 0 spiro atoms. The summed E-state index contributed by atoms with van der Waals surface area (Å²) in [5.41, 5.74) is 2.51. The quantitative estimate of drug-likeness (QED) is 0.233. The number of thiazole rings is 1. The third-order valence-corrected chi connectivity index (χ3v) is 5.03. The molecule has 10 heteroatoms. The van der Waals surface area contributed by atoms with Crippen molar-refractivity contribution in [2.45, 2.75) is 19.7 Å². The molecule has 0 unspecified atom stereocenters. The number of rotatable bonds is 8. The van der Waals surface area contributed by atoms with Crippen LogP contribution >= 0.6 is 35.3 Å². The summed E-state index contributed by atoms with van der Waals surface area (Å²) >= 11 is 1.55. The van der Waals surface area contributed by atoms with Crippen LogP contribution in [0.2, 0.25) is 0 Å². The van der Waals surface area contributed by atoms with Crippen molar-refractivity contribution < 1.29 is 18.3 Å². The summed E-state index contributed by atoms with van der Waals surface area (Å²) in [6, 6.07) is 14.6. The van der Waals surface area contributed by atoms with Crippen LogP contribution in [0.1, 0.15) is 10.6 Å². The first kappa shape index (κ1) is 24.8. The average Bonchev–Trinajstić information content (AvgIpc) is 3.24. The van der Waals surface area contributed by atoms with E-state index in [2.05, 4.69) is 25.3 Å². The van der Waals surface area contributed by atoms with Crippen molar-refractivity contribution in [3.63, 3.8) is 0 Å². The summed E-state index contributed by atoms with van der Waals surface area (Å²) < 4.78 is 35.1. The number of guanidine groups is 1. The molecule has 2 N–H and O–H groups in total. The minimum atomic E-state index is -2.90. The lowest BCUT2D eigenvalue weighted by Crippen LogP contribution is -2.36. The van der Waals surface area contributed by atoms with Crippen LogP contribution < -0.4 is 20.1 Å². The van der Waals surface area contributed by atoms with Crippen LogP contribution in [-0.2, 0) is 13.1 Å². The molecular weight excluding hydrogens is 537 g/mol. The van der Waals surface area contributed by atoms with Crippen LogP contribution in [0.3, 0.4) is 0 Å². The Morgan fingerprint density at radius 3 is 2.55 bits per heavy atom. The molecule has 3 aromatic rings. The van der Waals surface area contributed by atoms with E-state index in [0.29, 0.717) is 23.8 Å². The molecule has 0 saturated carbocycles. The van der Waals surface area contributed by atoms with E-state index in [9.17, 15) is 8.78 Å². The Bertz CT molecular complexity index is 987. The summed E-state index contributed by atoms with van der Waals surface area (Å²) in [6.07, 6.45) is 0. The molecular formula is C21H23F2IN4O2S. The number of nitrogens with zero attached hydrogens (tertiary/aromatic N) is 2. The number of benzene rings is 2. The van der Waals surface area contributed by atoms with Crippen LogP contribution in [0, 0.1) is 0 Å². The molecule has 0 aliphatic heterocycles. The number of halogens is 3. The second kappa shape index (κ2) is 12.4. The lowest BCUT2D eigenvalue weighted by atomic mass is 10.2. The normalized spacial score (nSPS) is 11.1. The third-order valence-electron chi connectivity index (χ3n) is 4.18. The van der Waals surface area contributed by atoms with Gasteiger partial charge in [-0.2, -0.15) is 8.78 Å². The SMILES string of the molecule is CN=C(NCc1nc(-c2ccccc2)cs1)NCc1cc(OC)ccc1OC(F)F.I. The second-order valence-electron chi connectivity index (χ2n) is 6.12. The Kier molecular flexibility index (Phi) is 9.92. The predicted molar refractivity (Wildman–Crippen MR) is 130 cm³/mol. The summed E-state index contributed by atoms with van der Waals surface area (Å²) in [5.74, 6) is 1.14. The molecule has 6 nitrogen and oxygen atoms in total. The van der Waals surface area contributed by atoms with Crippen molar-refractivity contribution in [2.75, 3.05) is 14.2 Å². The lowest BCUT2D eigenvalue weighted by molar-refractivity contribution is -0.0504. The first-order valence-corrected chi connectivity index (χ1v) is 10.0. The Labute approximate surface area is 200 Å². The zero-order valence-electron chi connectivity index (χ0n) is 17.0. The van der Waals surface area contributed by atoms with Gasteiger partial charge in [-0.1, -0.05) is 30.3 Å². The zero-order valence-corrected chi connectivity index (χ0v) is 20.1. The van der Waals surface area contributed by atoms with E-state index in [1.165, 1.54) is 13.2 Å². The van der Waals surface area contributed by atoms with Crippen LogP contribution in [0.5, 0.6) is 11.5 Å². The highest BCUT2D eigenvalue weighted by molar-refractivity contribution is 14.0. The molecule has 1 aromatic heterocycles. The fourth-order valence-electron chi connectivity index (χ4n) is 2.72. The van der Waals surface area contributed by atoms with Gasteiger partial charge in [0, 0.05) is 30.1 Å². The van der Waals surface area contributed by atoms with Gasteiger partial charge in [-0.3, -0.25) is 4.99 Å². The fourth-order valence-corrected chi connectivity index (χ4v) is 3.47. The minimum absolute atomic E-state index is 0. The number of aliphatic imine (C=N–C) groups is 1. The highest BCUT2D eigenvalue weighted by Crippen LogP contribution is 2.25. The first-order chi connectivity index (χ1) is 14.6. The number of hydrogen-bond acceptors (Lipinski definition) is 5. The van der Waals surface area contributed by atoms with Gasteiger partial charge in [-0.05, 0) is 18.2 Å². The van der Waals surface area contributed by atoms with Gasteiger partial charge in [0.05, 0.1) is 19.3 Å². The van der Waals surface area contributed by atoms with Gasteiger partial charge in [0.15, 0.2) is 5.96 Å². The van der Waals surface area contributed by atoms with Gasteiger partial charge in [-0.25, -0.2) is 4.98 Å². The maximum absolute atomic E-state index is 12.7. The topological polar surface area (TPSA) is 67.8 Å². The van der Waals surface area contributed by atoms with Gasteiger partial charge < -0.3 is 20.1 Å². The number of methoxy groups -OCH3 is 1. The van der Waals surface area contributed by atoms with E-state index in [4.69, 9.17) is 4.74 Å². The van der Waals surface area contributed by atoms with E-state index >= 15 is 0 Å². The molecule has 0 bridgehead atoms. The molecule has 166 valence electrons. The van der Waals surface area contributed by atoms with Gasteiger partial charge in [-0.15, -0.1) is 35.3 Å². The smallest absolute Gasteiger partial charge is 0.387 e. The van der Waals surface area contributed by atoms with Gasteiger partial charge >= 0.3 is 6.61 Å². The average molecular weight is 560 g/mol. The van der Waals surface area contributed by atoms with Gasteiger partial charge in [0.2, 0.25) is 0 Å². The Hall–Kier alpha value is -2.47. The summed E-state index contributed by atoms with van der Waals surface area (Å²) in [4.78, 5) is 8.80. The molecule has 0 radical (unpaired) electrons. The number of aromatic nitrogens is 1. The van der Waals surface area contributed by atoms with Crippen molar-refractivity contribution in [3.8, 4) is 22.8 Å². The standard InChI is InChI=1S/C21H22F2N4O2S.HI/c1-24-21(25-11-15-10-16(28-2)8-9-18(15)29-20(22)23)26-12-19-27-17(13-30-19)14-6-4-3-5-7-14;/h3-10,13,20H,11-12H2,1-2H3,(H2,24,25,26);1H. The number of alkyl halides is 2. The molecule has 0 aliphatic rings. The first-order valence-electron chi connectivity index (χ1n) is 9.15. The molecule has 0 saturated heterocycles. The van der Waals surface area contributed by atoms with Crippen molar-refractivity contribution in [1.82, 2.24) is 15.6 Å². The fraction of sp³-hybridized carbons (Fsp3) is 0.238. The molecule has 0 fully saturated rings. The third kappa shape index (κ3) is 7.31. The van der Waals surface area contributed by atoms with E-state index in [1.807, 2.05) is 35.7 Å². The van der Waals surface area contributed by atoms with Crippen molar-refractivity contribution >= 4 is 41.3 Å². The van der Waals surface area contributed by atoms with E-state index in [-0.39, 0.29) is 36.3 Å². The molecule has 2 aromatic carbocycles. The number of ether oxygens (including phenoxy) is 2. The molecule has 0 amide bonds. The Balaban J connectivity index is 0.00000341. The van der Waals surface area contributed by atoms with Crippen LogP contribution in [0.15, 0.2) is 58.9 Å². The monoisotopic (exact) mass is 560 g/mol. The molecule has 0 aliphatic carbocycles. The summed E-state index contributed by atoms with van der Waals surface area (Å²) in [6.45, 7) is -2.19. The number of hydrogen-bond donors (Lipinski definition) is 2. The van der Waals surface area contributed by atoms with Crippen LogP contribution in [0.4, 0.5) is 8.78 Å². The second-order valence-corrected chi connectivity index (χ2v) is 7.07. The van der Waals surface area contributed by atoms with Gasteiger partial charge in [0.1, 0.15) is 16.5 Å². The molecule has 1 heterocycles. The van der Waals surface area contributed by atoms with Gasteiger partial charge in [0.25, 0.3) is 0 Å². The summed E-state index contributed by atoms with van der Waals surface area (Å²) in [5, 5.41) is 9.18. The zero-order chi connectivity index (χ0) is 21.3. The highest BCUT2D eigenvalue weighted by atomic mass is 127.